The van der Waals surface area contributed by atoms with E-state index in [1.54, 1.807) is 18.2 Å². The zero-order valence-electron chi connectivity index (χ0n) is 9.95. The first-order valence-corrected chi connectivity index (χ1v) is 5.84. The van der Waals surface area contributed by atoms with Gasteiger partial charge < -0.3 is 5.32 Å². The molecule has 0 aliphatic heterocycles. The number of rotatable bonds is 3. The van der Waals surface area contributed by atoms with Crippen molar-refractivity contribution in [2.24, 2.45) is 0 Å². The quantitative estimate of drug-likeness (QED) is 0.756. The Balaban J connectivity index is 1.80. The second kappa shape index (κ2) is 4.68. The molecule has 0 saturated heterocycles. The number of halogens is 2. The van der Waals surface area contributed by atoms with Gasteiger partial charge in [-0.2, -0.15) is 5.10 Å². The first-order chi connectivity index (χ1) is 9.22. The molecule has 0 aliphatic carbocycles. The monoisotopic (exact) mass is 259 g/mol. The van der Waals surface area contributed by atoms with Crippen molar-refractivity contribution in [3.05, 3.63) is 59.7 Å². The standard InChI is InChI=1S/C14H11F2N3/c15-10-3-1-9(2-4-10)8-17-14-12-6-5-11(16)7-13(12)18-19-14/h1-7H,8H2,(H2,17,18,19). The van der Waals surface area contributed by atoms with E-state index in [-0.39, 0.29) is 11.6 Å². The van der Waals surface area contributed by atoms with Gasteiger partial charge in [0, 0.05) is 11.9 Å². The first-order valence-electron chi connectivity index (χ1n) is 5.84. The highest BCUT2D eigenvalue weighted by atomic mass is 19.1. The van der Waals surface area contributed by atoms with Gasteiger partial charge in [-0.3, -0.25) is 5.10 Å². The van der Waals surface area contributed by atoms with Gasteiger partial charge in [0.15, 0.2) is 5.82 Å². The van der Waals surface area contributed by atoms with E-state index in [1.807, 2.05) is 0 Å². The van der Waals surface area contributed by atoms with Gasteiger partial charge in [0.25, 0.3) is 0 Å². The Morgan fingerprint density at radius 1 is 1.00 bits per heavy atom. The molecule has 0 aliphatic rings. The Hall–Kier alpha value is -2.43. The molecule has 0 radical (unpaired) electrons. The van der Waals surface area contributed by atoms with Crippen molar-refractivity contribution in [1.29, 1.82) is 0 Å². The van der Waals surface area contributed by atoms with E-state index in [0.29, 0.717) is 17.9 Å². The molecule has 0 atom stereocenters. The molecule has 0 fully saturated rings. The Labute approximate surface area is 108 Å². The predicted octanol–water partition coefficient (Wildman–Crippen LogP) is 3.45. The van der Waals surface area contributed by atoms with Crippen LogP contribution in [0.25, 0.3) is 10.9 Å². The third-order valence-corrected chi connectivity index (χ3v) is 2.90. The highest BCUT2D eigenvalue weighted by molar-refractivity contribution is 5.89. The van der Waals surface area contributed by atoms with Crippen molar-refractivity contribution in [3.8, 4) is 0 Å². The number of anilines is 1. The number of aromatic amines is 1. The molecule has 1 aromatic heterocycles. The molecule has 0 saturated carbocycles. The third kappa shape index (κ3) is 2.40. The van der Waals surface area contributed by atoms with Crippen molar-refractivity contribution in [2.45, 2.75) is 6.54 Å². The molecule has 3 aromatic rings. The van der Waals surface area contributed by atoms with Crippen LogP contribution in [0.15, 0.2) is 42.5 Å². The number of nitrogens with one attached hydrogen (secondary N) is 2. The van der Waals surface area contributed by atoms with Crippen molar-refractivity contribution in [1.82, 2.24) is 10.2 Å². The van der Waals surface area contributed by atoms with Crippen LogP contribution in [0.3, 0.4) is 0 Å². The molecule has 0 amide bonds. The summed E-state index contributed by atoms with van der Waals surface area (Å²) < 4.78 is 25.8. The van der Waals surface area contributed by atoms with Crippen molar-refractivity contribution >= 4 is 16.7 Å². The van der Waals surface area contributed by atoms with Gasteiger partial charge in [0.1, 0.15) is 11.6 Å². The lowest BCUT2D eigenvalue weighted by atomic mass is 10.2. The Morgan fingerprint density at radius 2 is 1.74 bits per heavy atom. The van der Waals surface area contributed by atoms with Gasteiger partial charge in [-0.15, -0.1) is 0 Å². The number of hydrogen-bond donors (Lipinski definition) is 2. The maximum Gasteiger partial charge on any atom is 0.155 e. The summed E-state index contributed by atoms with van der Waals surface area (Å²) in [6.45, 7) is 0.525. The number of H-pyrrole nitrogens is 1. The molecule has 3 rings (SSSR count). The molecule has 2 aromatic carbocycles. The molecule has 3 nitrogen and oxygen atoms in total. The SMILES string of the molecule is Fc1ccc(CNc2n[nH]c3cc(F)ccc23)cc1. The molecule has 0 bridgehead atoms. The van der Waals surface area contributed by atoms with E-state index in [4.69, 9.17) is 0 Å². The molecule has 19 heavy (non-hydrogen) atoms. The molecule has 0 unspecified atom stereocenters. The number of fused-ring (bicyclic) bond motifs is 1. The van der Waals surface area contributed by atoms with Crippen LogP contribution in [0, 0.1) is 11.6 Å². The van der Waals surface area contributed by atoms with Gasteiger partial charge in [-0.25, -0.2) is 8.78 Å². The fraction of sp³-hybridized carbons (Fsp3) is 0.0714. The highest BCUT2D eigenvalue weighted by Gasteiger charge is 2.05. The van der Waals surface area contributed by atoms with Gasteiger partial charge in [-0.05, 0) is 35.9 Å². The lowest BCUT2D eigenvalue weighted by Gasteiger charge is -2.03. The van der Waals surface area contributed by atoms with Crippen LogP contribution in [0.2, 0.25) is 0 Å². The zero-order valence-corrected chi connectivity index (χ0v) is 9.95. The normalized spacial score (nSPS) is 10.8. The summed E-state index contributed by atoms with van der Waals surface area (Å²) in [5.41, 5.74) is 1.58. The summed E-state index contributed by atoms with van der Waals surface area (Å²) in [7, 11) is 0. The molecule has 96 valence electrons. The van der Waals surface area contributed by atoms with Crippen LogP contribution in [0.5, 0.6) is 0 Å². The van der Waals surface area contributed by atoms with Crippen molar-refractivity contribution < 1.29 is 8.78 Å². The maximum absolute atomic E-state index is 13.0. The first kappa shape index (κ1) is 11.6. The van der Waals surface area contributed by atoms with Gasteiger partial charge in [0.05, 0.1) is 5.52 Å². The molecule has 2 N–H and O–H groups in total. The minimum atomic E-state index is -0.304. The van der Waals surface area contributed by atoms with E-state index in [2.05, 4.69) is 15.5 Å². The van der Waals surface area contributed by atoms with Crippen molar-refractivity contribution in [2.75, 3.05) is 5.32 Å². The summed E-state index contributed by atoms with van der Waals surface area (Å²) in [4.78, 5) is 0. The summed E-state index contributed by atoms with van der Waals surface area (Å²) in [6.07, 6.45) is 0. The number of benzene rings is 2. The van der Waals surface area contributed by atoms with Gasteiger partial charge in [-0.1, -0.05) is 12.1 Å². The van der Waals surface area contributed by atoms with E-state index in [1.165, 1.54) is 24.3 Å². The average Bonchev–Trinajstić information content (AvgIpc) is 2.80. The molecule has 5 heteroatoms. The Kier molecular flexibility index (Phi) is 2.87. The van der Waals surface area contributed by atoms with Crippen LogP contribution in [0.1, 0.15) is 5.56 Å². The minimum Gasteiger partial charge on any atom is -0.364 e. The molecule has 1 heterocycles. The van der Waals surface area contributed by atoms with E-state index >= 15 is 0 Å². The zero-order chi connectivity index (χ0) is 13.2. The fourth-order valence-corrected chi connectivity index (χ4v) is 1.91. The smallest absolute Gasteiger partial charge is 0.155 e. The summed E-state index contributed by atoms with van der Waals surface area (Å²) in [5.74, 6) is 0.0880. The van der Waals surface area contributed by atoms with Gasteiger partial charge in [0.2, 0.25) is 0 Å². The predicted molar refractivity (Wildman–Crippen MR) is 69.8 cm³/mol. The summed E-state index contributed by atoms with van der Waals surface area (Å²) in [5, 5.41) is 10.8. The topological polar surface area (TPSA) is 40.7 Å². The highest BCUT2D eigenvalue weighted by Crippen LogP contribution is 2.21. The van der Waals surface area contributed by atoms with E-state index in [0.717, 1.165) is 10.9 Å². The van der Waals surface area contributed by atoms with Gasteiger partial charge >= 0.3 is 0 Å². The van der Waals surface area contributed by atoms with Crippen LogP contribution in [-0.4, -0.2) is 10.2 Å². The minimum absolute atomic E-state index is 0.260. The largest absolute Gasteiger partial charge is 0.364 e. The third-order valence-electron chi connectivity index (χ3n) is 2.90. The number of aromatic nitrogens is 2. The summed E-state index contributed by atoms with van der Waals surface area (Å²) >= 11 is 0. The second-order valence-electron chi connectivity index (χ2n) is 4.24. The lowest BCUT2D eigenvalue weighted by molar-refractivity contribution is 0.627. The van der Waals surface area contributed by atoms with Crippen LogP contribution < -0.4 is 5.32 Å². The van der Waals surface area contributed by atoms with Crippen LogP contribution in [-0.2, 0) is 6.54 Å². The number of hydrogen-bond acceptors (Lipinski definition) is 2. The van der Waals surface area contributed by atoms with Crippen molar-refractivity contribution in [3.63, 3.8) is 0 Å². The van der Waals surface area contributed by atoms with E-state index in [9.17, 15) is 8.78 Å². The van der Waals surface area contributed by atoms with Crippen LogP contribution in [0.4, 0.5) is 14.6 Å². The fourth-order valence-electron chi connectivity index (χ4n) is 1.91. The Bertz CT molecular complexity index is 704. The van der Waals surface area contributed by atoms with E-state index < -0.39 is 0 Å². The summed E-state index contributed by atoms with van der Waals surface area (Å²) in [6, 6.07) is 10.7. The number of nitrogens with zero attached hydrogens (tertiary/aromatic N) is 1. The maximum atomic E-state index is 13.0. The second-order valence-corrected chi connectivity index (χ2v) is 4.24. The molecular weight excluding hydrogens is 248 g/mol. The average molecular weight is 259 g/mol. The van der Waals surface area contributed by atoms with Crippen LogP contribution >= 0.6 is 0 Å². The molecule has 0 spiro atoms. The molecular formula is C14H11F2N3. The Morgan fingerprint density at radius 3 is 2.53 bits per heavy atom. The lowest BCUT2D eigenvalue weighted by Crippen LogP contribution is -2.00.